The number of hydrogen-bond donors (Lipinski definition) is 1. The molecule has 1 atom stereocenters. The number of carbonyl (C=O) groups is 1. The fourth-order valence-electron chi connectivity index (χ4n) is 4.42. The second-order valence-electron chi connectivity index (χ2n) is 10.1. The van der Waals surface area contributed by atoms with Crippen LogP contribution in [0.5, 0.6) is 17.2 Å². The Morgan fingerprint density at radius 3 is 2.39 bits per heavy atom. The molecule has 4 rings (SSSR count). The molecule has 0 amide bonds. The number of fused-ring (bicyclic) bond motifs is 1. The standard InChI is InChI=1S/C32H36O6/c1-6-10-26-28(19-21(2)29-27(20-36-30(26)29)23-11-8-7-9-12-23)37-22(3)17-18-35-24-13-15-25(16-14-24)38-32(4,5)31(33)34/h7-9,11-16,19-20,22H,6,10,17-18H2,1-5H3,(H,33,34)/t22-/m1/s1. The number of furan rings is 1. The predicted molar refractivity (Wildman–Crippen MR) is 149 cm³/mol. The van der Waals surface area contributed by atoms with Crippen LogP contribution in [0.1, 0.15) is 51.7 Å². The third kappa shape index (κ3) is 6.13. The molecule has 3 aromatic carbocycles. The van der Waals surface area contributed by atoms with E-state index in [1.807, 2.05) is 31.4 Å². The number of aliphatic carboxylic acids is 1. The Kier molecular flexibility index (Phi) is 8.30. The Hall–Kier alpha value is -3.93. The predicted octanol–water partition coefficient (Wildman–Crippen LogP) is 7.84. The van der Waals surface area contributed by atoms with Gasteiger partial charge in [0, 0.05) is 22.9 Å². The molecule has 6 nitrogen and oxygen atoms in total. The summed E-state index contributed by atoms with van der Waals surface area (Å²) in [4.78, 5) is 11.3. The van der Waals surface area contributed by atoms with Crippen molar-refractivity contribution in [2.45, 2.75) is 65.6 Å². The number of carboxylic acids is 1. The number of ether oxygens (including phenoxy) is 3. The zero-order chi connectivity index (χ0) is 27.3. The second-order valence-corrected chi connectivity index (χ2v) is 10.1. The van der Waals surface area contributed by atoms with E-state index < -0.39 is 11.6 Å². The summed E-state index contributed by atoms with van der Waals surface area (Å²) in [5.41, 5.74) is 4.07. The molecule has 1 aromatic heterocycles. The number of rotatable bonds is 12. The molecule has 4 aromatic rings. The van der Waals surface area contributed by atoms with Gasteiger partial charge in [0.1, 0.15) is 22.8 Å². The normalized spacial score (nSPS) is 12.3. The van der Waals surface area contributed by atoms with Crippen molar-refractivity contribution >= 4 is 16.9 Å². The largest absolute Gasteiger partial charge is 0.493 e. The van der Waals surface area contributed by atoms with Crippen LogP contribution < -0.4 is 14.2 Å². The van der Waals surface area contributed by atoms with Crippen LogP contribution in [0, 0.1) is 6.92 Å². The number of benzene rings is 3. The molecule has 1 heterocycles. The molecule has 0 spiro atoms. The van der Waals surface area contributed by atoms with Crippen LogP contribution in [0.15, 0.2) is 71.3 Å². The Balaban J connectivity index is 1.42. The van der Waals surface area contributed by atoms with Gasteiger partial charge in [-0.1, -0.05) is 43.7 Å². The van der Waals surface area contributed by atoms with Crippen molar-refractivity contribution in [1.29, 1.82) is 0 Å². The SMILES string of the molecule is CCCc1c(O[C@H](C)CCOc2ccc(OC(C)(C)C(=O)O)cc2)cc(C)c2c(-c3ccccc3)coc12. The zero-order valence-corrected chi connectivity index (χ0v) is 22.7. The molecule has 0 aliphatic rings. The van der Waals surface area contributed by atoms with Gasteiger partial charge >= 0.3 is 5.97 Å². The Labute approximate surface area is 224 Å². The molecule has 0 bridgehead atoms. The molecule has 0 unspecified atom stereocenters. The van der Waals surface area contributed by atoms with E-state index in [4.69, 9.17) is 18.6 Å². The molecule has 1 N–H and O–H groups in total. The average molecular weight is 517 g/mol. The van der Waals surface area contributed by atoms with E-state index in [0.717, 1.165) is 51.8 Å². The van der Waals surface area contributed by atoms with Crippen molar-refractivity contribution in [2.75, 3.05) is 6.61 Å². The molecule has 38 heavy (non-hydrogen) atoms. The van der Waals surface area contributed by atoms with Crippen molar-refractivity contribution < 1.29 is 28.5 Å². The highest BCUT2D eigenvalue weighted by molar-refractivity contribution is 5.99. The summed E-state index contributed by atoms with van der Waals surface area (Å²) in [6, 6.07) is 19.4. The van der Waals surface area contributed by atoms with Crippen molar-refractivity contribution in [3.8, 4) is 28.4 Å². The molecule has 200 valence electrons. The molecular formula is C32H36O6. The first-order valence-corrected chi connectivity index (χ1v) is 13.1. The second kappa shape index (κ2) is 11.6. The van der Waals surface area contributed by atoms with Crippen molar-refractivity contribution in [3.63, 3.8) is 0 Å². The summed E-state index contributed by atoms with van der Waals surface area (Å²) >= 11 is 0. The lowest BCUT2D eigenvalue weighted by Gasteiger charge is -2.21. The number of carboxylic acid groups (broad SMARTS) is 1. The highest BCUT2D eigenvalue weighted by Crippen LogP contribution is 2.39. The van der Waals surface area contributed by atoms with Gasteiger partial charge < -0.3 is 23.7 Å². The van der Waals surface area contributed by atoms with Crippen molar-refractivity contribution in [3.05, 3.63) is 78.1 Å². The average Bonchev–Trinajstić information content (AvgIpc) is 3.33. The fraction of sp³-hybridized carbons (Fsp3) is 0.344. The third-order valence-corrected chi connectivity index (χ3v) is 6.52. The smallest absolute Gasteiger partial charge is 0.347 e. The van der Waals surface area contributed by atoms with Gasteiger partial charge in [0.05, 0.1) is 19.0 Å². The Morgan fingerprint density at radius 2 is 1.74 bits per heavy atom. The van der Waals surface area contributed by atoms with E-state index in [1.54, 1.807) is 24.3 Å². The minimum Gasteiger partial charge on any atom is -0.493 e. The molecule has 0 aliphatic carbocycles. The van der Waals surface area contributed by atoms with E-state index >= 15 is 0 Å². The summed E-state index contributed by atoms with van der Waals surface area (Å²) in [6.45, 7) is 9.81. The topological polar surface area (TPSA) is 78.1 Å². The molecule has 0 fully saturated rings. The van der Waals surface area contributed by atoms with Crippen LogP contribution in [-0.4, -0.2) is 29.4 Å². The van der Waals surface area contributed by atoms with Crippen LogP contribution in [0.25, 0.3) is 22.1 Å². The van der Waals surface area contributed by atoms with Crippen LogP contribution in [0.3, 0.4) is 0 Å². The maximum atomic E-state index is 11.3. The summed E-state index contributed by atoms with van der Waals surface area (Å²) in [5, 5.41) is 10.4. The zero-order valence-electron chi connectivity index (χ0n) is 22.7. The summed E-state index contributed by atoms with van der Waals surface area (Å²) < 4.78 is 24.0. The lowest BCUT2D eigenvalue weighted by molar-refractivity contribution is -0.152. The summed E-state index contributed by atoms with van der Waals surface area (Å²) in [7, 11) is 0. The van der Waals surface area contributed by atoms with Gasteiger partial charge in [0.25, 0.3) is 0 Å². The van der Waals surface area contributed by atoms with Crippen LogP contribution in [-0.2, 0) is 11.2 Å². The van der Waals surface area contributed by atoms with E-state index in [0.29, 0.717) is 24.5 Å². The number of hydrogen-bond acceptors (Lipinski definition) is 5. The van der Waals surface area contributed by atoms with Gasteiger partial charge in [-0.15, -0.1) is 0 Å². The first kappa shape index (κ1) is 27.1. The summed E-state index contributed by atoms with van der Waals surface area (Å²) in [6.07, 6.45) is 4.33. The third-order valence-electron chi connectivity index (χ3n) is 6.52. The van der Waals surface area contributed by atoms with E-state index in [2.05, 4.69) is 32.0 Å². The maximum Gasteiger partial charge on any atom is 0.347 e. The Bertz CT molecular complexity index is 1370. The van der Waals surface area contributed by atoms with Crippen LogP contribution in [0.2, 0.25) is 0 Å². The minimum absolute atomic E-state index is 0.0648. The van der Waals surface area contributed by atoms with Crippen LogP contribution in [0.4, 0.5) is 0 Å². The quantitative estimate of drug-likeness (QED) is 0.207. The van der Waals surface area contributed by atoms with Crippen molar-refractivity contribution in [1.82, 2.24) is 0 Å². The summed E-state index contributed by atoms with van der Waals surface area (Å²) in [5.74, 6) is 1.00. The van der Waals surface area contributed by atoms with Crippen molar-refractivity contribution in [2.24, 2.45) is 0 Å². The highest BCUT2D eigenvalue weighted by atomic mass is 16.5. The van der Waals surface area contributed by atoms with E-state index in [9.17, 15) is 9.90 Å². The Morgan fingerprint density at radius 1 is 1.05 bits per heavy atom. The monoisotopic (exact) mass is 516 g/mol. The van der Waals surface area contributed by atoms with Gasteiger partial charge in [-0.25, -0.2) is 4.79 Å². The van der Waals surface area contributed by atoms with Gasteiger partial charge in [-0.3, -0.25) is 0 Å². The molecule has 0 saturated carbocycles. The molecule has 0 radical (unpaired) electrons. The lowest BCUT2D eigenvalue weighted by atomic mass is 9.97. The molecular weight excluding hydrogens is 480 g/mol. The first-order chi connectivity index (χ1) is 18.2. The van der Waals surface area contributed by atoms with Gasteiger partial charge in [0.15, 0.2) is 5.60 Å². The van der Waals surface area contributed by atoms with Gasteiger partial charge in [-0.2, -0.15) is 0 Å². The van der Waals surface area contributed by atoms with Gasteiger partial charge in [-0.05, 0) is 75.6 Å². The fourth-order valence-corrected chi connectivity index (χ4v) is 4.42. The molecule has 0 saturated heterocycles. The van der Waals surface area contributed by atoms with E-state index in [-0.39, 0.29) is 6.10 Å². The van der Waals surface area contributed by atoms with E-state index in [1.165, 1.54) is 13.8 Å². The lowest BCUT2D eigenvalue weighted by Crippen LogP contribution is -2.37. The molecule has 0 aliphatic heterocycles. The minimum atomic E-state index is -1.30. The highest BCUT2D eigenvalue weighted by Gasteiger charge is 2.29. The number of aryl methyl sites for hydroxylation is 2. The van der Waals surface area contributed by atoms with Crippen LogP contribution >= 0.6 is 0 Å². The van der Waals surface area contributed by atoms with Gasteiger partial charge in [0.2, 0.25) is 0 Å². The first-order valence-electron chi connectivity index (χ1n) is 13.1. The molecule has 6 heteroatoms. The maximum absolute atomic E-state index is 11.3.